The highest BCUT2D eigenvalue weighted by Crippen LogP contribution is 2.22. The van der Waals surface area contributed by atoms with Gasteiger partial charge in [0.15, 0.2) is 0 Å². The zero-order valence-electron chi connectivity index (χ0n) is 10.1. The van der Waals surface area contributed by atoms with E-state index in [0.717, 1.165) is 0 Å². The van der Waals surface area contributed by atoms with Gasteiger partial charge in [0.25, 0.3) is 0 Å². The summed E-state index contributed by atoms with van der Waals surface area (Å²) in [6.45, 7) is 5.34. The fourth-order valence-corrected chi connectivity index (χ4v) is 1.62. The van der Waals surface area contributed by atoms with Gasteiger partial charge < -0.3 is 11.1 Å². The smallest absolute Gasteiger partial charge is 0.149 e. The van der Waals surface area contributed by atoms with E-state index in [1.54, 1.807) is 43.3 Å². The number of halogens is 1. The summed E-state index contributed by atoms with van der Waals surface area (Å²) in [5.41, 5.74) is 7.89. The van der Waals surface area contributed by atoms with E-state index in [1.807, 2.05) is 0 Å². The molecular weight excluding hydrogens is 229 g/mol. The molecule has 1 heterocycles. The number of pyridine rings is 1. The molecule has 3 nitrogen and oxygen atoms in total. The first kappa shape index (κ1) is 12.1. The Kier molecular flexibility index (Phi) is 3.28. The summed E-state index contributed by atoms with van der Waals surface area (Å²) in [5, 5.41) is 2.91. The van der Waals surface area contributed by atoms with Crippen molar-refractivity contribution in [2.75, 3.05) is 11.1 Å². The molecule has 0 aliphatic rings. The third-order valence-corrected chi connectivity index (χ3v) is 2.53. The average Bonchev–Trinajstić information content (AvgIpc) is 2.34. The number of nitrogens with zero attached hydrogens (tertiary/aromatic N) is 1. The summed E-state index contributed by atoms with van der Waals surface area (Å²) in [4.78, 5) is 4.24. The zero-order valence-corrected chi connectivity index (χ0v) is 10.1. The summed E-state index contributed by atoms with van der Waals surface area (Å²) < 4.78 is 13.8. The van der Waals surface area contributed by atoms with Crippen molar-refractivity contribution < 1.29 is 4.39 Å². The van der Waals surface area contributed by atoms with Crippen LogP contribution < -0.4 is 11.1 Å². The van der Waals surface area contributed by atoms with E-state index in [0.29, 0.717) is 28.5 Å². The quantitative estimate of drug-likeness (QED) is 0.867. The maximum atomic E-state index is 13.8. The Balaban J connectivity index is 2.36. The van der Waals surface area contributed by atoms with E-state index < -0.39 is 0 Å². The van der Waals surface area contributed by atoms with E-state index in [1.165, 1.54) is 0 Å². The van der Waals surface area contributed by atoms with Crippen LogP contribution in [0.1, 0.15) is 11.3 Å². The van der Waals surface area contributed by atoms with Crippen LogP contribution in [0.3, 0.4) is 0 Å². The number of aryl methyl sites for hydroxylation is 1. The molecule has 0 spiro atoms. The van der Waals surface area contributed by atoms with Gasteiger partial charge in [0.1, 0.15) is 11.6 Å². The molecule has 0 bridgehead atoms. The fraction of sp³-hybridized carbons (Fsp3) is 0.0714. The fourth-order valence-electron chi connectivity index (χ4n) is 1.62. The molecule has 1 aromatic heterocycles. The molecule has 0 aliphatic carbocycles. The van der Waals surface area contributed by atoms with Gasteiger partial charge >= 0.3 is 0 Å². The van der Waals surface area contributed by atoms with E-state index in [9.17, 15) is 4.39 Å². The number of nitrogens with two attached hydrogens (primary N) is 1. The van der Waals surface area contributed by atoms with Crippen LogP contribution in [0, 0.1) is 12.7 Å². The van der Waals surface area contributed by atoms with Gasteiger partial charge in [-0.05, 0) is 30.7 Å². The molecule has 0 aliphatic heterocycles. The largest absolute Gasteiger partial charge is 0.399 e. The van der Waals surface area contributed by atoms with Crippen molar-refractivity contribution >= 4 is 23.3 Å². The first-order valence-corrected chi connectivity index (χ1v) is 5.52. The summed E-state index contributed by atoms with van der Waals surface area (Å²) >= 11 is 0. The van der Waals surface area contributed by atoms with Crippen molar-refractivity contribution in [1.29, 1.82) is 0 Å². The molecule has 0 fully saturated rings. The van der Waals surface area contributed by atoms with Crippen molar-refractivity contribution in [1.82, 2.24) is 4.98 Å². The normalized spacial score (nSPS) is 10.1. The topological polar surface area (TPSA) is 50.9 Å². The molecule has 2 rings (SSSR count). The van der Waals surface area contributed by atoms with Crippen LogP contribution in [-0.4, -0.2) is 4.98 Å². The van der Waals surface area contributed by atoms with Crippen LogP contribution >= 0.6 is 0 Å². The first-order valence-electron chi connectivity index (χ1n) is 5.52. The Morgan fingerprint density at radius 2 is 2.17 bits per heavy atom. The minimum Gasteiger partial charge on any atom is -0.399 e. The molecule has 2 aromatic rings. The monoisotopic (exact) mass is 243 g/mol. The highest BCUT2D eigenvalue weighted by Gasteiger charge is 2.06. The molecule has 0 saturated heterocycles. The molecular formula is C14H14FN3. The Labute approximate surface area is 105 Å². The van der Waals surface area contributed by atoms with Gasteiger partial charge in [-0.2, -0.15) is 0 Å². The Morgan fingerprint density at radius 3 is 2.89 bits per heavy atom. The van der Waals surface area contributed by atoms with Crippen molar-refractivity contribution in [2.24, 2.45) is 0 Å². The van der Waals surface area contributed by atoms with Gasteiger partial charge in [0.05, 0.1) is 11.4 Å². The Hall–Kier alpha value is -2.36. The van der Waals surface area contributed by atoms with E-state index >= 15 is 0 Å². The maximum Gasteiger partial charge on any atom is 0.149 e. The first-order chi connectivity index (χ1) is 8.60. The molecule has 4 heteroatoms. The molecule has 0 unspecified atom stereocenters. The molecule has 0 radical (unpaired) electrons. The predicted octanol–water partition coefficient (Wildman–Crippen LogP) is 3.50. The number of benzene rings is 1. The van der Waals surface area contributed by atoms with Crippen LogP contribution in [0.15, 0.2) is 36.9 Å². The number of hydrogen-bond acceptors (Lipinski definition) is 3. The van der Waals surface area contributed by atoms with Crippen LogP contribution in [-0.2, 0) is 0 Å². The highest BCUT2D eigenvalue weighted by molar-refractivity contribution is 5.64. The minimum atomic E-state index is -0.290. The van der Waals surface area contributed by atoms with Crippen molar-refractivity contribution in [2.45, 2.75) is 6.92 Å². The second-order valence-electron chi connectivity index (χ2n) is 3.98. The third kappa shape index (κ3) is 2.48. The van der Waals surface area contributed by atoms with Gasteiger partial charge in [-0.1, -0.05) is 18.7 Å². The summed E-state index contributed by atoms with van der Waals surface area (Å²) in [6, 6.07) is 8.49. The second-order valence-corrected chi connectivity index (χ2v) is 3.98. The van der Waals surface area contributed by atoms with Crippen LogP contribution in [0.25, 0.3) is 6.08 Å². The minimum absolute atomic E-state index is 0.290. The lowest BCUT2D eigenvalue weighted by atomic mass is 10.2. The van der Waals surface area contributed by atoms with Gasteiger partial charge in [0, 0.05) is 11.8 Å². The van der Waals surface area contributed by atoms with Gasteiger partial charge in [-0.25, -0.2) is 9.37 Å². The van der Waals surface area contributed by atoms with Gasteiger partial charge in [-0.15, -0.1) is 0 Å². The number of nitrogen functional groups attached to an aromatic ring is 1. The lowest BCUT2D eigenvalue weighted by Crippen LogP contribution is -2.00. The zero-order chi connectivity index (χ0) is 13.1. The lowest BCUT2D eigenvalue weighted by Gasteiger charge is -2.09. The molecule has 0 atom stereocenters. The Bertz CT molecular complexity index is 594. The number of anilines is 3. The van der Waals surface area contributed by atoms with Crippen molar-refractivity contribution in [3.05, 3.63) is 54.0 Å². The van der Waals surface area contributed by atoms with Crippen molar-refractivity contribution in [3.8, 4) is 0 Å². The molecule has 0 amide bonds. The number of hydrogen-bond donors (Lipinski definition) is 2. The van der Waals surface area contributed by atoms with E-state index in [-0.39, 0.29) is 5.82 Å². The van der Waals surface area contributed by atoms with Crippen molar-refractivity contribution in [3.63, 3.8) is 0 Å². The van der Waals surface area contributed by atoms with Crippen LogP contribution in [0.2, 0.25) is 0 Å². The lowest BCUT2D eigenvalue weighted by molar-refractivity contribution is 0.622. The van der Waals surface area contributed by atoms with E-state index in [2.05, 4.69) is 16.9 Å². The second kappa shape index (κ2) is 4.87. The Morgan fingerprint density at radius 1 is 1.39 bits per heavy atom. The summed E-state index contributed by atoms with van der Waals surface area (Å²) in [7, 11) is 0. The SMILES string of the molecule is C=Cc1cc(N)cc(Nc2cccc(C)c2F)n1. The number of nitrogens with one attached hydrogen (secondary N) is 1. The molecule has 0 saturated carbocycles. The molecule has 3 N–H and O–H groups in total. The van der Waals surface area contributed by atoms with E-state index in [4.69, 9.17) is 5.73 Å². The number of aromatic nitrogens is 1. The third-order valence-electron chi connectivity index (χ3n) is 2.53. The standard InChI is InChI=1S/C14H14FN3/c1-3-11-7-10(16)8-13(17-11)18-12-6-4-5-9(2)14(12)15/h3-8H,1H2,2H3,(H3,16,17,18). The van der Waals surface area contributed by atoms with Gasteiger partial charge in [-0.3, -0.25) is 0 Å². The average molecular weight is 243 g/mol. The summed E-state index contributed by atoms with van der Waals surface area (Å²) in [6.07, 6.45) is 1.59. The molecule has 1 aromatic carbocycles. The van der Waals surface area contributed by atoms with Crippen LogP contribution in [0.4, 0.5) is 21.6 Å². The predicted molar refractivity (Wildman–Crippen MR) is 73.2 cm³/mol. The van der Waals surface area contributed by atoms with Crippen LogP contribution in [0.5, 0.6) is 0 Å². The number of rotatable bonds is 3. The molecule has 92 valence electrons. The van der Waals surface area contributed by atoms with Gasteiger partial charge in [0.2, 0.25) is 0 Å². The highest BCUT2D eigenvalue weighted by atomic mass is 19.1. The maximum absolute atomic E-state index is 13.8. The summed E-state index contributed by atoms with van der Waals surface area (Å²) in [5.74, 6) is 0.205. The molecule has 18 heavy (non-hydrogen) atoms.